The molecule has 1 saturated heterocycles. The summed E-state index contributed by atoms with van der Waals surface area (Å²) in [5, 5.41) is 9.07. The monoisotopic (exact) mass is 263 g/mol. The number of carbonyl (C=O) groups excluding carboxylic acids is 1. The highest BCUT2D eigenvalue weighted by Gasteiger charge is 2.60. The molecule has 1 amide bonds. The Hall–Kier alpha value is -1.06. The van der Waals surface area contributed by atoms with Gasteiger partial charge in [0.15, 0.2) is 0 Å². The minimum absolute atomic E-state index is 0.0437. The summed E-state index contributed by atoms with van der Waals surface area (Å²) in [7, 11) is 0. The fourth-order valence-electron chi connectivity index (χ4n) is 4.20. The van der Waals surface area contributed by atoms with E-state index >= 15 is 0 Å². The zero-order valence-electron chi connectivity index (χ0n) is 11.2. The summed E-state index contributed by atoms with van der Waals surface area (Å²) in [6.07, 6.45) is 6.41. The van der Waals surface area contributed by atoms with E-state index in [-0.39, 0.29) is 11.3 Å². The Labute approximate surface area is 113 Å². The summed E-state index contributed by atoms with van der Waals surface area (Å²) in [5.74, 6) is 1.44. The fraction of sp³-hybridized carbons (Fsp3) is 0.867. The largest absolute Gasteiger partial charge is 0.481 e. The molecule has 0 radical (unpaired) electrons. The Kier molecular flexibility index (Phi) is 2.31. The van der Waals surface area contributed by atoms with Crippen molar-refractivity contribution in [3.05, 3.63) is 0 Å². The first-order valence-electron chi connectivity index (χ1n) is 7.62. The first-order chi connectivity index (χ1) is 9.11. The lowest BCUT2D eigenvalue weighted by atomic mass is 9.90. The maximum Gasteiger partial charge on any atom is 0.307 e. The predicted octanol–water partition coefficient (Wildman–Crippen LogP) is 1.75. The highest BCUT2D eigenvalue weighted by molar-refractivity contribution is 5.82. The van der Waals surface area contributed by atoms with E-state index in [9.17, 15) is 9.59 Å². The maximum atomic E-state index is 12.4. The van der Waals surface area contributed by atoms with Crippen LogP contribution in [0.4, 0.5) is 0 Å². The van der Waals surface area contributed by atoms with Gasteiger partial charge in [0, 0.05) is 19.0 Å². The van der Waals surface area contributed by atoms with Gasteiger partial charge < -0.3 is 10.0 Å². The van der Waals surface area contributed by atoms with Crippen molar-refractivity contribution in [3.8, 4) is 0 Å². The molecule has 4 nitrogen and oxygen atoms in total. The lowest BCUT2D eigenvalue weighted by Gasteiger charge is -2.33. The molecule has 1 aliphatic heterocycles. The molecule has 104 valence electrons. The molecular formula is C15H21NO3. The summed E-state index contributed by atoms with van der Waals surface area (Å²) in [6, 6.07) is 0. The van der Waals surface area contributed by atoms with Crippen LogP contribution >= 0.6 is 0 Å². The van der Waals surface area contributed by atoms with Crippen molar-refractivity contribution >= 4 is 11.9 Å². The molecule has 0 aromatic rings. The van der Waals surface area contributed by atoms with Crippen molar-refractivity contribution < 1.29 is 14.7 Å². The molecule has 19 heavy (non-hydrogen) atoms. The van der Waals surface area contributed by atoms with Gasteiger partial charge in [-0.05, 0) is 55.8 Å². The molecule has 0 aromatic heterocycles. The third kappa shape index (κ3) is 1.87. The van der Waals surface area contributed by atoms with Crippen molar-refractivity contribution in [3.63, 3.8) is 0 Å². The Morgan fingerprint density at radius 3 is 2.37 bits per heavy atom. The molecule has 1 heterocycles. The van der Waals surface area contributed by atoms with Gasteiger partial charge in [-0.1, -0.05) is 0 Å². The molecule has 1 spiro atoms. The summed E-state index contributed by atoms with van der Waals surface area (Å²) in [6.45, 7) is 1.58. The molecule has 4 rings (SSSR count). The number of carboxylic acids is 1. The van der Waals surface area contributed by atoms with Crippen LogP contribution in [0.1, 0.15) is 38.5 Å². The molecular weight excluding hydrogens is 242 g/mol. The van der Waals surface area contributed by atoms with E-state index in [0.29, 0.717) is 17.7 Å². The third-order valence-electron chi connectivity index (χ3n) is 5.94. The molecule has 4 fully saturated rings. The van der Waals surface area contributed by atoms with Crippen LogP contribution in [-0.2, 0) is 9.59 Å². The van der Waals surface area contributed by atoms with Gasteiger partial charge in [-0.15, -0.1) is 0 Å². The van der Waals surface area contributed by atoms with Crippen molar-refractivity contribution in [2.45, 2.75) is 38.5 Å². The van der Waals surface area contributed by atoms with Crippen LogP contribution in [0.3, 0.4) is 0 Å². The number of hydrogen-bond acceptors (Lipinski definition) is 2. The Balaban J connectivity index is 1.31. The number of hydrogen-bond donors (Lipinski definition) is 1. The van der Waals surface area contributed by atoms with Gasteiger partial charge in [-0.2, -0.15) is 0 Å². The van der Waals surface area contributed by atoms with E-state index in [0.717, 1.165) is 44.7 Å². The normalized spacial score (nSPS) is 39.2. The fourth-order valence-corrected chi connectivity index (χ4v) is 4.20. The van der Waals surface area contributed by atoms with Gasteiger partial charge in [0.1, 0.15) is 0 Å². The molecule has 4 aliphatic rings. The second-order valence-corrected chi connectivity index (χ2v) is 7.13. The number of aliphatic carboxylic acids is 1. The lowest BCUT2D eigenvalue weighted by molar-refractivity contribution is -0.140. The smallest absolute Gasteiger partial charge is 0.307 e. The van der Waals surface area contributed by atoms with Crippen LogP contribution in [-0.4, -0.2) is 35.0 Å². The van der Waals surface area contributed by atoms with Gasteiger partial charge in [-0.25, -0.2) is 0 Å². The number of amides is 1. The maximum absolute atomic E-state index is 12.4. The van der Waals surface area contributed by atoms with E-state index in [1.807, 2.05) is 4.90 Å². The van der Waals surface area contributed by atoms with Crippen molar-refractivity contribution in [2.75, 3.05) is 13.1 Å². The molecule has 0 bridgehead atoms. The van der Waals surface area contributed by atoms with Crippen LogP contribution < -0.4 is 0 Å². The SMILES string of the molecule is O=C(O)C1CC12CCN(C(=O)C1CC1C1CC1)CC2. The minimum atomic E-state index is -0.643. The number of rotatable bonds is 3. The molecule has 0 aromatic carbocycles. The van der Waals surface area contributed by atoms with Gasteiger partial charge in [0.2, 0.25) is 5.91 Å². The molecule has 4 heteroatoms. The second kappa shape index (κ2) is 3.74. The van der Waals surface area contributed by atoms with Crippen LogP contribution in [0.25, 0.3) is 0 Å². The highest BCUT2D eigenvalue weighted by atomic mass is 16.4. The summed E-state index contributed by atoms with van der Waals surface area (Å²) >= 11 is 0. The minimum Gasteiger partial charge on any atom is -0.481 e. The summed E-state index contributed by atoms with van der Waals surface area (Å²) in [5.41, 5.74) is 0.0437. The number of carboxylic acid groups (broad SMARTS) is 1. The van der Waals surface area contributed by atoms with E-state index in [4.69, 9.17) is 5.11 Å². The molecule has 3 atom stereocenters. The number of piperidine rings is 1. The van der Waals surface area contributed by atoms with Gasteiger partial charge >= 0.3 is 5.97 Å². The topological polar surface area (TPSA) is 57.6 Å². The first-order valence-corrected chi connectivity index (χ1v) is 7.62. The van der Waals surface area contributed by atoms with Crippen molar-refractivity contribution in [1.29, 1.82) is 0 Å². The quantitative estimate of drug-likeness (QED) is 0.844. The van der Waals surface area contributed by atoms with Gasteiger partial charge in [0.25, 0.3) is 0 Å². The van der Waals surface area contributed by atoms with E-state index in [2.05, 4.69) is 0 Å². The van der Waals surface area contributed by atoms with Gasteiger partial charge in [-0.3, -0.25) is 9.59 Å². The highest BCUT2D eigenvalue weighted by Crippen LogP contribution is 2.60. The van der Waals surface area contributed by atoms with E-state index in [1.54, 1.807) is 0 Å². The number of nitrogens with zero attached hydrogens (tertiary/aromatic N) is 1. The van der Waals surface area contributed by atoms with Gasteiger partial charge in [0.05, 0.1) is 5.92 Å². The molecule has 3 aliphatic carbocycles. The molecule has 1 N–H and O–H groups in total. The van der Waals surface area contributed by atoms with Crippen LogP contribution in [0.15, 0.2) is 0 Å². The predicted molar refractivity (Wildman–Crippen MR) is 68.3 cm³/mol. The van der Waals surface area contributed by atoms with Crippen LogP contribution in [0, 0.1) is 29.1 Å². The Morgan fingerprint density at radius 1 is 1.16 bits per heavy atom. The lowest BCUT2D eigenvalue weighted by Crippen LogP contribution is -2.41. The van der Waals surface area contributed by atoms with Crippen LogP contribution in [0.5, 0.6) is 0 Å². The molecule has 3 saturated carbocycles. The van der Waals surface area contributed by atoms with Crippen molar-refractivity contribution in [2.24, 2.45) is 29.1 Å². The second-order valence-electron chi connectivity index (χ2n) is 7.13. The zero-order chi connectivity index (χ0) is 13.2. The summed E-state index contributed by atoms with van der Waals surface area (Å²) < 4.78 is 0. The van der Waals surface area contributed by atoms with E-state index in [1.165, 1.54) is 12.8 Å². The number of carbonyl (C=O) groups is 2. The number of likely N-dealkylation sites (tertiary alicyclic amines) is 1. The van der Waals surface area contributed by atoms with E-state index < -0.39 is 5.97 Å². The first kappa shape index (κ1) is 11.7. The standard InChI is InChI=1S/C15H21NO3/c17-13(11-7-10(11)9-1-2-9)16-5-3-15(4-6-16)8-12(15)14(18)19/h9-12H,1-8H2,(H,18,19). The Morgan fingerprint density at radius 2 is 1.84 bits per heavy atom. The average Bonchev–Trinajstić information content (AvgIpc) is 3.22. The van der Waals surface area contributed by atoms with Crippen molar-refractivity contribution in [1.82, 2.24) is 4.90 Å². The zero-order valence-corrected chi connectivity index (χ0v) is 11.2. The Bertz CT molecular complexity index is 435. The molecule has 3 unspecified atom stereocenters. The third-order valence-corrected chi connectivity index (χ3v) is 5.94. The summed E-state index contributed by atoms with van der Waals surface area (Å²) in [4.78, 5) is 25.4. The average molecular weight is 263 g/mol. The van der Waals surface area contributed by atoms with Crippen LogP contribution in [0.2, 0.25) is 0 Å².